The lowest BCUT2D eigenvalue weighted by molar-refractivity contribution is -0.383. The number of aromatic nitrogens is 4. The molecule has 2 aromatic rings. The van der Waals surface area contributed by atoms with Crippen LogP contribution in [0.25, 0.3) is 0 Å². The van der Waals surface area contributed by atoms with Crippen LogP contribution in [0.15, 0.2) is 17.2 Å². The van der Waals surface area contributed by atoms with Crippen LogP contribution >= 0.6 is 0 Å². The van der Waals surface area contributed by atoms with Gasteiger partial charge in [-0.05, 0) is 6.92 Å². The predicted molar refractivity (Wildman–Crippen MR) is 69.3 cm³/mol. The highest BCUT2D eigenvalue weighted by Crippen LogP contribution is 2.28. The molecule has 0 bridgehead atoms. The molecule has 0 unspecified atom stereocenters. The highest BCUT2D eigenvalue weighted by atomic mass is 16.6. The van der Waals surface area contributed by atoms with Crippen molar-refractivity contribution in [3.63, 3.8) is 0 Å². The fourth-order valence-corrected chi connectivity index (χ4v) is 1.57. The first-order valence-electron chi connectivity index (χ1n) is 5.94. The van der Waals surface area contributed by atoms with E-state index in [1.54, 1.807) is 0 Å². The maximum absolute atomic E-state index is 11.1. The van der Waals surface area contributed by atoms with Crippen LogP contribution in [0.1, 0.15) is 12.7 Å². The van der Waals surface area contributed by atoms with Crippen molar-refractivity contribution in [3.05, 3.63) is 28.7 Å². The van der Waals surface area contributed by atoms with E-state index in [0.717, 1.165) is 0 Å². The summed E-state index contributed by atoms with van der Waals surface area (Å²) in [5.41, 5.74) is -0.178. The third-order valence-electron chi connectivity index (χ3n) is 2.40. The summed E-state index contributed by atoms with van der Waals surface area (Å²) in [5.74, 6) is 0.861. The molecule has 10 nitrogen and oxygen atoms in total. The van der Waals surface area contributed by atoms with Crippen molar-refractivity contribution in [1.29, 1.82) is 0 Å². The van der Waals surface area contributed by atoms with E-state index in [0.29, 0.717) is 25.3 Å². The highest BCUT2D eigenvalue weighted by Gasteiger charge is 2.22. The number of nitrogens with zero attached hydrogens (tertiary/aromatic N) is 5. The Morgan fingerprint density at radius 2 is 2.05 bits per heavy atom. The van der Waals surface area contributed by atoms with Crippen LogP contribution < -0.4 is 10.6 Å². The summed E-state index contributed by atoms with van der Waals surface area (Å²) in [7, 11) is 0. The Morgan fingerprint density at radius 1 is 1.30 bits per heavy atom. The van der Waals surface area contributed by atoms with Crippen LogP contribution in [-0.4, -0.2) is 38.1 Å². The molecule has 0 amide bonds. The summed E-state index contributed by atoms with van der Waals surface area (Å²) in [6, 6.07) is 0. The molecule has 0 radical (unpaired) electrons. The van der Waals surface area contributed by atoms with Gasteiger partial charge in [-0.15, -0.1) is 0 Å². The topological polar surface area (TPSA) is 132 Å². The molecule has 0 aliphatic carbocycles. The van der Waals surface area contributed by atoms with Crippen molar-refractivity contribution in [2.45, 2.75) is 13.3 Å². The van der Waals surface area contributed by atoms with E-state index >= 15 is 0 Å². The van der Waals surface area contributed by atoms with E-state index < -0.39 is 4.92 Å². The number of nitro groups is 1. The van der Waals surface area contributed by atoms with E-state index in [4.69, 9.17) is 0 Å². The molecule has 0 atom stereocenters. The first kappa shape index (κ1) is 13.6. The third-order valence-corrected chi connectivity index (χ3v) is 2.40. The Morgan fingerprint density at radius 3 is 2.65 bits per heavy atom. The average Bonchev–Trinajstić information content (AvgIpc) is 2.92. The molecule has 10 heteroatoms. The Balaban J connectivity index is 2.09. The number of rotatable bonds is 7. The van der Waals surface area contributed by atoms with Gasteiger partial charge in [0, 0.05) is 19.5 Å². The van der Waals surface area contributed by atoms with Gasteiger partial charge in [-0.3, -0.25) is 10.1 Å². The molecule has 20 heavy (non-hydrogen) atoms. The van der Waals surface area contributed by atoms with Crippen molar-refractivity contribution in [2.24, 2.45) is 0 Å². The van der Waals surface area contributed by atoms with E-state index in [2.05, 4.69) is 35.3 Å². The predicted octanol–water partition coefficient (Wildman–Crippen LogP) is 0.854. The van der Waals surface area contributed by atoms with Crippen LogP contribution in [0.3, 0.4) is 0 Å². The van der Waals surface area contributed by atoms with E-state index in [-0.39, 0.29) is 17.3 Å². The molecular weight excluding hydrogens is 266 g/mol. The van der Waals surface area contributed by atoms with E-state index in [9.17, 15) is 10.1 Å². The van der Waals surface area contributed by atoms with Crippen LogP contribution in [0.4, 0.5) is 17.3 Å². The molecule has 0 saturated heterocycles. The number of anilines is 2. The van der Waals surface area contributed by atoms with Gasteiger partial charge in [-0.2, -0.15) is 4.98 Å². The molecule has 2 aromatic heterocycles. The van der Waals surface area contributed by atoms with Crippen LogP contribution in [-0.2, 0) is 6.42 Å². The van der Waals surface area contributed by atoms with Gasteiger partial charge < -0.3 is 15.2 Å². The summed E-state index contributed by atoms with van der Waals surface area (Å²) in [5, 5.41) is 20.5. The fraction of sp³-hybridized carbons (Fsp3) is 0.400. The van der Waals surface area contributed by atoms with E-state index in [1.165, 1.54) is 12.7 Å². The highest BCUT2D eigenvalue weighted by molar-refractivity contribution is 5.69. The Labute approximate surface area is 113 Å². The monoisotopic (exact) mass is 279 g/mol. The lowest BCUT2D eigenvalue weighted by atomic mass is 10.3. The third kappa shape index (κ3) is 3.16. The zero-order valence-corrected chi connectivity index (χ0v) is 10.7. The Bertz CT molecular complexity index is 572. The summed E-state index contributed by atoms with van der Waals surface area (Å²) in [6.07, 6.45) is 2.96. The molecule has 0 aliphatic rings. The molecule has 2 rings (SSSR count). The first-order valence-corrected chi connectivity index (χ1v) is 5.94. The fourth-order valence-electron chi connectivity index (χ4n) is 1.57. The second-order valence-corrected chi connectivity index (χ2v) is 3.73. The molecule has 0 aliphatic heterocycles. The molecule has 106 valence electrons. The molecular formula is C10H13N7O3. The van der Waals surface area contributed by atoms with E-state index in [1.807, 2.05) is 6.92 Å². The first-order chi connectivity index (χ1) is 9.72. The van der Waals surface area contributed by atoms with Crippen molar-refractivity contribution in [2.75, 3.05) is 23.7 Å². The smallest absolute Gasteiger partial charge is 0.353 e. The summed E-state index contributed by atoms with van der Waals surface area (Å²) >= 11 is 0. The summed E-state index contributed by atoms with van der Waals surface area (Å²) in [4.78, 5) is 22.2. The van der Waals surface area contributed by atoms with Gasteiger partial charge in [0.25, 0.3) is 0 Å². The maximum atomic E-state index is 11.1. The van der Waals surface area contributed by atoms with Gasteiger partial charge in [0.15, 0.2) is 5.82 Å². The zero-order valence-electron chi connectivity index (χ0n) is 10.7. The normalized spacial score (nSPS) is 10.2. The molecule has 0 saturated carbocycles. The van der Waals surface area contributed by atoms with Crippen molar-refractivity contribution >= 4 is 17.3 Å². The number of hydrogen-bond donors (Lipinski definition) is 2. The standard InChI is InChI=1S/C10H13N7O3/c1-2-11-9-8(17(18)19)10(14-5-13-9)12-4-3-7-15-6-20-16-7/h5-6H,2-4H2,1H3,(H2,11,12,13,14). The lowest BCUT2D eigenvalue weighted by Gasteiger charge is -2.08. The number of nitrogens with one attached hydrogen (secondary N) is 2. The summed E-state index contributed by atoms with van der Waals surface area (Å²) < 4.78 is 4.60. The lowest BCUT2D eigenvalue weighted by Crippen LogP contribution is -2.12. The van der Waals surface area contributed by atoms with Gasteiger partial charge in [-0.1, -0.05) is 5.16 Å². The van der Waals surface area contributed by atoms with Gasteiger partial charge >= 0.3 is 5.69 Å². The Hall–Kier alpha value is -2.78. The average molecular weight is 279 g/mol. The quantitative estimate of drug-likeness (QED) is 0.559. The number of hydrogen-bond acceptors (Lipinski definition) is 9. The zero-order chi connectivity index (χ0) is 14.4. The molecule has 2 N–H and O–H groups in total. The van der Waals surface area contributed by atoms with Crippen LogP contribution in [0, 0.1) is 10.1 Å². The second kappa shape index (κ2) is 6.41. The van der Waals surface area contributed by atoms with Crippen molar-refractivity contribution < 1.29 is 9.45 Å². The molecule has 2 heterocycles. The van der Waals surface area contributed by atoms with Gasteiger partial charge in [-0.25, -0.2) is 9.97 Å². The summed E-state index contributed by atoms with van der Waals surface area (Å²) in [6.45, 7) is 2.75. The molecule has 0 fully saturated rings. The minimum atomic E-state index is -0.519. The molecule has 0 spiro atoms. The van der Waals surface area contributed by atoms with Gasteiger partial charge in [0.05, 0.1) is 4.92 Å². The second-order valence-electron chi connectivity index (χ2n) is 3.73. The van der Waals surface area contributed by atoms with Gasteiger partial charge in [0.1, 0.15) is 6.33 Å². The largest absolute Gasteiger partial charge is 0.364 e. The minimum absolute atomic E-state index is 0.157. The van der Waals surface area contributed by atoms with Crippen LogP contribution in [0.2, 0.25) is 0 Å². The van der Waals surface area contributed by atoms with Gasteiger partial charge in [0.2, 0.25) is 18.0 Å². The SMILES string of the molecule is CCNc1ncnc(NCCc2ncon2)c1[N+](=O)[O-]. The van der Waals surface area contributed by atoms with Crippen molar-refractivity contribution in [1.82, 2.24) is 20.1 Å². The minimum Gasteiger partial charge on any atom is -0.364 e. The Kier molecular flexibility index (Phi) is 4.37. The maximum Gasteiger partial charge on any atom is 0.353 e. The van der Waals surface area contributed by atoms with Crippen LogP contribution in [0.5, 0.6) is 0 Å². The van der Waals surface area contributed by atoms with Crippen molar-refractivity contribution in [3.8, 4) is 0 Å². The molecule has 0 aromatic carbocycles.